The second kappa shape index (κ2) is 7.37. The zero-order valence-corrected chi connectivity index (χ0v) is 10.5. The van der Waals surface area contributed by atoms with Gasteiger partial charge in [0, 0.05) is 32.3 Å². The maximum Gasteiger partial charge on any atom is 0.330 e. The molecule has 1 saturated heterocycles. The van der Waals surface area contributed by atoms with Crippen LogP contribution in [-0.4, -0.2) is 72.3 Å². The number of carbonyl (C=O) groups is 3. The van der Waals surface area contributed by atoms with E-state index in [1.165, 1.54) is 9.80 Å². The number of amides is 3. The average Bonchev–Trinajstić information content (AvgIpc) is 2.77. The molecule has 0 spiro atoms. The third-order valence-electron chi connectivity index (χ3n) is 2.57. The topological polar surface area (TPSA) is 99.2 Å². The molecule has 3 amide bonds. The highest BCUT2D eigenvalue weighted by Gasteiger charge is 2.26. The molecule has 1 aliphatic heterocycles. The van der Waals surface area contributed by atoms with E-state index < -0.39 is 11.9 Å². The number of aliphatic hydroxyl groups is 1. The molecule has 0 bridgehead atoms. The Balaban J connectivity index is 2.17. The predicted molar refractivity (Wildman–Crippen MR) is 64.9 cm³/mol. The SMILES string of the molecule is C=CC(=O)OCC(=O)NCCN1CCN(CO)C1=O. The van der Waals surface area contributed by atoms with Gasteiger partial charge in [-0.15, -0.1) is 0 Å². The summed E-state index contributed by atoms with van der Waals surface area (Å²) in [4.78, 5) is 36.4. The molecule has 0 radical (unpaired) electrons. The summed E-state index contributed by atoms with van der Waals surface area (Å²) in [6.45, 7) is 4.11. The van der Waals surface area contributed by atoms with Crippen molar-refractivity contribution in [2.75, 3.05) is 39.5 Å². The lowest BCUT2D eigenvalue weighted by Gasteiger charge is -2.17. The summed E-state index contributed by atoms with van der Waals surface area (Å²) in [5.41, 5.74) is 0. The van der Waals surface area contributed by atoms with E-state index >= 15 is 0 Å². The fourth-order valence-corrected chi connectivity index (χ4v) is 1.55. The highest BCUT2D eigenvalue weighted by Crippen LogP contribution is 2.05. The Labute approximate surface area is 110 Å². The van der Waals surface area contributed by atoms with Crippen LogP contribution in [0.3, 0.4) is 0 Å². The van der Waals surface area contributed by atoms with Gasteiger partial charge in [-0.25, -0.2) is 9.59 Å². The zero-order valence-electron chi connectivity index (χ0n) is 10.5. The molecular formula is C11H17N3O5. The second-order valence-corrected chi connectivity index (χ2v) is 3.84. The summed E-state index contributed by atoms with van der Waals surface area (Å²) in [5.74, 6) is -1.11. The Morgan fingerprint density at radius 3 is 2.68 bits per heavy atom. The van der Waals surface area contributed by atoms with E-state index in [1.807, 2.05) is 0 Å². The summed E-state index contributed by atoms with van der Waals surface area (Å²) in [6.07, 6.45) is 0.972. The van der Waals surface area contributed by atoms with Gasteiger partial charge in [0.15, 0.2) is 6.61 Å². The van der Waals surface area contributed by atoms with Crippen molar-refractivity contribution in [3.63, 3.8) is 0 Å². The Hall–Kier alpha value is -2.09. The average molecular weight is 271 g/mol. The van der Waals surface area contributed by atoms with Crippen molar-refractivity contribution in [3.05, 3.63) is 12.7 Å². The van der Waals surface area contributed by atoms with Gasteiger partial charge in [0.05, 0.1) is 0 Å². The van der Waals surface area contributed by atoms with E-state index in [9.17, 15) is 14.4 Å². The molecular weight excluding hydrogens is 254 g/mol. The van der Waals surface area contributed by atoms with Crippen molar-refractivity contribution in [1.82, 2.24) is 15.1 Å². The number of urea groups is 1. The van der Waals surface area contributed by atoms with Crippen LogP contribution in [0.2, 0.25) is 0 Å². The van der Waals surface area contributed by atoms with Crippen LogP contribution in [0.25, 0.3) is 0 Å². The van der Waals surface area contributed by atoms with Crippen molar-refractivity contribution in [2.24, 2.45) is 0 Å². The third kappa shape index (κ3) is 4.59. The molecule has 0 aromatic rings. The molecule has 0 aromatic carbocycles. The minimum absolute atomic E-state index is 0.255. The van der Waals surface area contributed by atoms with Crippen LogP contribution in [0.15, 0.2) is 12.7 Å². The molecule has 19 heavy (non-hydrogen) atoms. The van der Waals surface area contributed by atoms with E-state index in [-0.39, 0.29) is 25.9 Å². The molecule has 0 atom stereocenters. The molecule has 8 heteroatoms. The lowest BCUT2D eigenvalue weighted by Crippen LogP contribution is -2.39. The van der Waals surface area contributed by atoms with Crippen LogP contribution >= 0.6 is 0 Å². The predicted octanol–water partition coefficient (Wildman–Crippen LogP) is -1.48. The summed E-state index contributed by atoms with van der Waals surface area (Å²) in [7, 11) is 0. The Morgan fingerprint density at radius 2 is 2.11 bits per heavy atom. The Morgan fingerprint density at radius 1 is 1.42 bits per heavy atom. The first-order chi connectivity index (χ1) is 9.08. The van der Waals surface area contributed by atoms with Crippen LogP contribution in [0, 0.1) is 0 Å². The molecule has 8 nitrogen and oxygen atoms in total. The lowest BCUT2D eigenvalue weighted by atomic mass is 10.5. The third-order valence-corrected chi connectivity index (χ3v) is 2.57. The van der Waals surface area contributed by atoms with E-state index in [1.54, 1.807) is 0 Å². The number of hydrogen-bond acceptors (Lipinski definition) is 5. The van der Waals surface area contributed by atoms with Crippen molar-refractivity contribution in [3.8, 4) is 0 Å². The number of nitrogens with one attached hydrogen (secondary N) is 1. The van der Waals surface area contributed by atoms with Gasteiger partial charge in [-0.3, -0.25) is 9.69 Å². The number of carbonyl (C=O) groups excluding carboxylic acids is 3. The number of ether oxygens (including phenoxy) is 1. The smallest absolute Gasteiger partial charge is 0.330 e. The number of nitrogens with zero attached hydrogens (tertiary/aromatic N) is 2. The van der Waals surface area contributed by atoms with E-state index in [0.717, 1.165) is 6.08 Å². The summed E-state index contributed by atoms with van der Waals surface area (Å²) in [6, 6.07) is -0.255. The quantitative estimate of drug-likeness (QED) is 0.434. The Bertz CT molecular complexity index is 371. The van der Waals surface area contributed by atoms with E-state index in [0.29, 0.717) is 19.6 Å². The van der Waals surface area contributed by atoms with Crippen LogP contribution in [0.1, 0.15) is 0 Å². The van der Waals surface area contributed by atoms with Crippen LogP contribution in [0.4, 0.5) is 4.79 Å². The molecule has 0 unspecified atom stereocenters. The van der Waals surface area contributed by atoms with Gasteiger partial charge in [-0.2, -0.15) is 0 Å². The van der Waals surface area contributed by atoms with E-state index in [4.69, 9.17) is 5.11 Å². The fraction of sp³-hybridized carbons (Fsp3) is 0.545. The number of esters is 1. The highest BCUT2D eigenvalue weighted by molar-refractivity contribution is 5.85. The standard InChI is InChI=1S/C11H17N3O5/c1-2-10(17)19-7-9(16)12-3-4-13-5-6-14(8-15)11(13)18/h2,15H,1,3-8H2,(H,12,16). The van der Waals surface area contributed by atoms with Gasteiger partial charge < -0.3 is 20.1 Å². The first-order valence-electron chi connectivity index (χ1n) is 5.79. The van der Waals surface area contributed by atoms with E-state index in [2.05, 4.69) is 16.6 Å². The molecule has 1 rings (SSSR count). The van der Waals surface area contributed by atoms with Gasteiger partial charge in [0.2, 0.25) is 0 Å². The molecule has 1 fully saturated rings. The maximum atomic E-state index is 11.6. The van der Waals surface area contributed by atoms with Gasteiger partial charge >= 0.3 is 12.0 Å². The molecule has 1 aliphatic rings. The number of aliphatic hydroxyl groups excluding tert-OH is 1. The van der Waals surface area contributed by atoms with Crippen LogP contribution < -0.4 is 5.32 Å². The molecule has 0 saturated carbocycles. The first kappa shape index (κ1) is 15.0. The second-order valence-electron chi connectivity index (χ2n) is 3.84. The maximum absolute atomic E-state index is 11.6. The van der Waals surface area contributed by atoms with Gasteiger partial charge in [-0.05, 0) is 0 Å². The molecule has 0 aliphatic carbocycles. The fourth-order valence-electron chi connectivity index (χ4n) is 1.55. The number of hydrogen-bond donors (Lipinski definition) is 2. The minimum atomic E-state index is -0.663. The summed E-state index contributed by atoms with van der Waals surface area (Å²) in [5, 5.41) is 11.4. The van der Waals surface area contributed by atoms with Crippen LogP contribution in [0.5, 0.6) is 0 Å². The molecule has 2 N–H and O–H groups in total. The van der Waals surface area contributed by atoms with Crippen molar-refractivity contribution in [2.45, 2.75) is 0 Å². The largest absolute Gasteiger partial charge is 0.452 e. The summed E-state index contributed by atoms with van der Waals surface area (Å²) >= 11 is 0. The van der Waals surface area contributed by atoms with Crippen molar-refractivity contribution < 1.29 is 24.2 Å². The Kier molecular flexibility index (Phi) is 5.80. The normalized spacial score (nSPS) is 14.5. The monoisotopic (exact) mass is 271 g/mol. The van der Waals surface area contributed by atoms with Gasteiger partial charge in [0.25, 0.3) is 5.91 Å². The first-order valence-corrected chi connectivity index (χ1v) is 5.79. The molecule has 1 heterocycles. The minimum Gasteiger partial charge on any atom is -0.452 e. The highest BCUT2D eigenvalue weighted by atomic mass is 16.5. The van der Waals surface area contributed by atoms with Gasteiger partial charge in [0.1, 0.15) is 6.73 Å². The van der Waals surface area contributed by atoms with Crippen molar-refractivity contribution >= 4 is 17.9 Å². The number of rotatable bonds is 7. The van der Waals surface area contributed by atoms with Gasteiger partial charge in [-0.1, -0.05) is 6.58 Å². The van der Waals surface area contributed by atoms with Crippen LogP contribution in [-0.2, 0) is 14.3 Å². The lowest BCUT2D eigenvalue weighted by molar-refractivity contribution is -0.143. The molecule has 106 valence electrons. The zero-order chi connectivity index (χ0) is 14.3. The summed E-state index contributed by atoms with van der Waals surface area (Å²) < 4.78 is 4.54. The molecule has 0 aromatic heterocycles. The van der Waals surface area contributed by atoms with Crippen molar-refractivity contribution in [1.29, 1.82) is 0 Å².